The average molecular weight is 467 g/mol. The third-order valence-electron chi connectivity index (χ3n) is 6.69. The second-order valence-corrected chi connectivity index (χ2v) is 9.18. The zero-order valence-corrected chi connectivity index (χ0v) is 19.4. The van der Waals surface area contributed by atoms with Crippen molar-refractivity contribution in [2.45, 2.75) is 44.2 Å². The van der Waals surface area contributed by atoms with Crippen molar-refractivity contribution in [2.75, 3.05) is 19.8 Å². The van der Waals surface area contributed by atoms with Crippen LogP contribution in [-0.4, -0.2) is 54.5 Å². The Morgan fingerprint density at radius 2 is 1.59 bits per heavy atom. The molecule has 0 unspecified atom stereocenters. The van der Waals surface area contributed by atoms with E-state index in [0.717, 1.165) is 22.3 Å². The molecular weight excluding hydrogens is 436 g/mol. The van der Waals surface area contributed by atoms with Gasteiger partial charge in [-0.1, -0.05) is 62.4 Å². The molecule has 2 aliphatic rings. The number of aliphatic carboxylic acids is 1. The molecule has 1 aliphatic heterocycles. The smallest absolute Gasteiger partial charge is 0.408 e. The molecule has 2 amide bonds. The number of carbonyl (C=O) groups is 3. The molecule has 4 rings (SSSR count). The van der Waals surface area contributed by atoms with Crippen LogP contribution in [0, 0.1) is 5.92 Å². The number of rotatable bonds is 7. The van der Waals surface area contributed by atoms with E-state index in [9.17, 15) is 19.5 Å². The second-order valence-electron chi connectivity index (χ2n) is 9.18. The Kier molecular flexibility index (Phi) is 6.88. The quantitative estimate of drug-likeness (QED) is 0.577. The van der Waals surface area contributed by atoms with Crippen LogP contribution in [0.25, 0.3) is 11.1 Å². The Labute approximate surface area is 198 Å². The van der Waals surface area contributed by atoms with Crippen LogP contribution in [0.15, 0.2) is 48.5 Å². The van der Waals surface area contributed by atoms with E-state index in [1.165, 1.54) is 0 Å². The van der Waals surface area contributed by atoms with Gasteiger partial charge in [0, 0.05) is 32.0 Å². The van der Waals surface area contributed by atoms with E-state index in [2.05, 4.69) is 22.8 Å². The summed E-state index contributed by atoms with van der Waals surface area (Å²) in [6.07, 6.45) is -0.253. The van der Waals surface area contributed by atoms with Crippen molar-refractivity contribution in [2.24, 2.45) is 5.92 Å². The maximum atomic E-state index is 13.2. The van der Waals surface area contributed by atoms with Crippen molar-refractivity contribution in [1.29, 1.82) is 0 Å². The number of nitrogens with one attached hydrogen (secondary N) is 2. The lowest BCUT2D eigenvalue weighted by molar-refractivity contribution is -0.145. The summed E-state index contributed by atoms with van der Waals surface area (Å²) in [4.78, 5) is 37.6. The maximum Gasteiger partial charge on any atom is 0.408 e. The molecule has 1 atom stereocenters. The van der Waals surface area contributed by atoms with Crippen LogP contribution < -0.4 is 10.6 Å². The number of alkyl carbamates (subject to hydrolysis) is 1. The van der Waals surface area contributed by atoms with Gasteiger partial charge in [0.1, 0.15) is 18.2 Å². The summed E-state index contributed by atoms with van der Waals surface area (Å²) in [6.45, 7) is 4.11. The van der Waals surface area contributed by atoms with Gasteiger partial charge < -0.3 is 25.2 Å². The van der Waals surface area contributed by atoms with Gasteiger partial charge in [-0.15, -0.1) is 0 Å². The minimum absolute atomic E-state index is 0.102. The van der Waals surface area contributed by atoms with E-state index in [0.29, 0.717) is 0 Å². The van der Waals surface area contributed by atoms with Crippen molar-refractivity contribution in [1.82, 2.24) is 10.6 Å². The van der Waals surface area contributed by atoms with Gasteiger partial charge in [0.05, 0.1) is 0 Å². The summed E-state index contributed by atoms with van der Waals surface area (Å²) in [5.41, 5.74) is 3.15. The molecule has 1 heterocycles. The molecule has 180 valence electrons. The van der Waals surface area contributed by atoms with E-state index in [1.54, 1.807) is 13.8 Å². The van der Waals surface area contributed by atoms with Gasteiger partial charge in [0.2, 0.25) is 5.91 Å². The molecule has 1 fully saturated rings. The molecule has 8 heteroatoms. The molecule has 1 saturated heterocycles. The monoisotopic (exact) mass is 466 g/mol. The molecular formula is C26H30N2O6. The molecule has 34 heavy (non-hydrogen) atoms. The summed E-state index contributed by atoms with van der Waals surface area (Å²) in [5, 5.41) is 14.8. The lowest BCUT2D eigenvalue weighted by Crippen LogP contribution is -2.63. The van der Waals surface area contributed by atoms with Gasteiger partial charge in [0.25, 0.3) is 0 Å². The Morgan fingerprint density at radius 3 is 2.12 bits per heavy atom. The van der Waals surface area contributed by atoms with E-state index in [4.69, 9.17) is 9.47 Å². The Hall–Kier alpha value is -3.39. The zero-order chi connectivity index (χ0) is 24.3. The SMILES string of the molecule is CC(C)[C@@H](NC(=O)C1(NC(=O)OCC2c3ccccc3-c3ccccc32)CCOCC1)C(=O)O. The van der Waals surface area contributed by atoms with E-state index >= 15 is 0 Å². The molecule has 3 N–H and O–H groups in total. The van der Waals surface area contributed by atoms with Crippen LogP contribution in [0.4, 0.5) is 4.79 Å². The largest absolute Gasteiger partial charge is 0.480 e. The number of benzene rings is 2. The Balaban J connectivity index is 1.47. The number of carboxylic acids is 1. The van der Waals surface area contributed by atoms with Crippen molar-refractivity contribution < 1.29 is 29.0 Å². The first-order valence-electron chi connectivity index (χ1n) is 11.6. The lowest BCUT2D eigenvalue weighted by Gasteiger charge is -2.37. The summed E-state index contributed by atoms with van der Waals surface area (Å²) in [5.74, 6) is -2.07. The fourth-order valence-corrected chi connectivity index (χ4v) is 4.75. The number of carboxylic acid groups (broad SMARTS) is 1. The first-order valence-corrected chi connectivity index (χ1v) is 11.6. The molecule has 2 aromatic carbocycles. The van der Waals surface area contributed by atoms with Gasteiger partial charge in [-0.05, 0) is 28.2 Å². The van der Waals surface area contributed by atoms with Crippen LogP contribution in [0.3, 0.4) is 0 Å². The number of hydrogen-bond acceptors (Lipinski definition) is 5. The van der Waals surface area contributed by atoms with Gasteiger partial charge >= 0.3 is 12.1 Å². The van der Waals surface area contributed by atoms with Gasteiger partial charge in [-0.2, -0.15) is 0 Å². The van der Waals surface area contributed by atoms with Crippen molar-refractivity contribution in [3.8, 4) is 11.1 Å². The number of ether oxygens (including phenoxy) is 2. The predicted molar refractivity (Wildman–Crippen MR) is 125 cm³/mol. The van der Waals surface area contributed by atoms with Crippen LogP contribution in [0.5, 0.6) is 0 Å². The zero-order valence-electron chi connectivity index (χ0n) is 19.4. The summed E-state index contributed by atoms with van der Waals surface area (Å²) in [6, 6.07) is 15.0. The fourth-order valence-electron chi connectivity index (χ4n) is 4.75. The highest BCUT2D eigenvalue weighted by molar-refractivity contribution is 5.93. The van der Waals surface area contributed by atoms with E-state index in [1.807, 2.05) is 36.4 Å². The van der Waals surface area contributed by atoms with Crippen LogP contribution in [0.2, 0.25) is 0 Å². The van der Waals surface area contributed by atoms with Crippen molar-refractivity contribution in [3.05, 3.63) is 59.7 Å². The number of amides is 2. The first-order chi connectivity index (χ1) is 16.3. The van der Waals surface area contributed by atoms with Gasteiger partial charge in [-0.3, -0.25) is 4.79 Å². The number of carbonyl (C=O) groups excluding carboxylic acids is 2. The standard InChI is InChI=1S/C26H30N2O6/c1-16(2)22(23(29)30)27-24(31)26(11-13-33-14-12-26)28-25(32)34-15-21-19-9-5-3-7-17(19)18-8-4-6-10-20(18)21/h3-10,16,21-22H,11-15H2,1-2H3,(H,27,31)(H,28,32)(H,29,30)/t22-/m1/s1. The highest BCUT2D eigenvalue weighted by atomic mass is 16.5. The van der Waals surface area contributed by atoms with E-state index in [-0.39, 0.29) is 44.5 Å². The average Bonchev–Trinajstić information content (AvgIpc) is 3.15. The highest BCUT2D eigenvalue weighted by Crippen LogP contribution is 2.44. The molecule has 8 nitrogen and oxygen atoms in total. The van der Waals surface area contributed by atoms with E-state index < -0.39 is 29.6 Å². The molecule has 0 aromatic heterocycles. The summed E-state index contributed by atoms with van der Waals surface area (Å²) < 4.78 is 11.0. The Bertz CT molecular complexity index is 1030. The first kappa shape index (κ1) is 23.8. The minimum atomic E-state index is -1.29. The van der Waals surface area contributed by atoms with Gasteiger partial charge in [0.15, 0.2) is 0 Å². The fraction of sp³-hybridized carbons (Fsp3) is 0.423. The normalized spacial score (nSPS) is 17.4. The molecule has 0 saturated carbocycles. The summed E-state index contributed by atoms with van der Waals surface area (Å²) >= 11 is 0. The summed E-state index contributed by atoms with van der Waals surface area (Å²) in [7, 11) is 0. The van der Waals surface area contributed by atoms with Crippen molar-refractivity contribution >= 4 is 18.0 Å². The topological polar surface area (TPSA) is 114 Å². The molecule has 1 aliphatic carbocycles. The molecule has 2 aromatic rings. The second kappa shape index (κ2) is 9.85. The maximum absolute atomic E-state index is 13.2. The number of fused-ring (bicyclic) bond motifs is 3. The molecule has 0 bridgehead atoms. The number of hydrogen-bond donors (Lipinski definition) is 3. The third kappa shape index (κ3) is 4.63. The Morgan fingerprint density at radius 1 is 1.03 bits per heavy atom. The van der Waals surface area contributed by atoms with Crippen molar-refractivity contribution in [3.63, 3.8) is 0 Å². The van der Waals surface area contributed by atoms with Crippen LogP contribution in [-0.2, 0) is 19.1 Å². The minimum Gasteiger partial charge on any atom is -0.480 e. The predicted octanol–water partition coefficient (Wildman–Crippen LogP) is 3.30. The van der Waals surface area contributed by atoms with Crippen LogP contribution in [0.1, 0.15) is 43.7 Å². The molecule has 0 radical (unpaired) electrons. The molecule has 0 spiro atoms. The lowest BCUT2D eigenvalue weighted by atomic mass is 9.88. The third-order valence-corrected chi connectivity index (χ3v) is 6.69. The highest BCUT2D eigenvalue weighted by Gasteiger charge is 2.44. The van der Waals surface area contributed by atoms with Crippen LogP contribution >= 0.6 is 0 Å². The van der Waals surface area contributed by atoms with Gasteiger partial charge in [-0.25, -0.2) is 9.59 Å².